The van der Waals surface area contributed by atoms with Crippen LogP contribution in [0.15, 0.2) is 47.2 Å². The summed E-state index contributed by atoms with van der Waals surface area (Å²) in [6.45, 7) is 4.15. The largest absolute Gasteiger partial charge is 0.304 e. The molecule has 1 heterocycles. The number of hydrogen-bond acceptors (Lipinski definition) is 2. The summed E-state index contributed by atoms with van der Waals surface area (Å²) < 4.78 is 13.9. The average Bonchev–Trinajstić information content (AvgIpc) is 2.39. The zero-order valence-electron chi connectivity index (χ0n) is 10.9. The highest BCUT2D eigenvalue weighted by atomic mass is 79.9. The first-order valence-electron chi connectivity index (χ1n) is 6.19. The number of rotatable bonds is 4. The quantitative estimate of drug-likeness (QED) is 0.902. The maximum Gasteiger partial charge on any atom is 0.124 e. The lowest BCUT2D eigenvalue weighted by Crippen LogP contribution is -2.22. The van der Waals surface area contributed by atoms with Gasteiger partial charge in [-0.15, -0.1) is 0 Å². The van der Waals surface area contributed by atoms with Crippen LogP contribution in [0.1, 0.15) is 37.1 Å². The van der Waals surface area contributed by atoms with Crippen LogP contribution in [0.4, 0.5) is 4.39 Å². The molecule has 0 saturated heterocycles. The normalized spacial score (nSPS) is 14.1. The SMILES string of the molecule is CC(N[C@H](C)c1cccnc1)c1ccc(F)cc1Br. The number of nitrogens with zero attached hydrogens (tertiary/aromatic N) is 1. The Balaban J connectivity index is 2.10. The number of benzene rings is 1. The molecule has 0 bridgehead atoms. The molecule has 2 rings (SSSR count). The highest BCUT2D eigenvalue weighted by Gasteiger charge is 2.13. The number of aromatic nitrogens is 1. The maximum absolute atomic E-state index is 13.1. The van der Waals surface area contributed by atoms with Crippen molar-refractivity contribution in [1.82, 2.24) is 10.3 Å². The van der Waals surface area contributed by atoms with Crippen LogP contribution in [-0.4, -0.2) is 4.98 Å². The highest BCUT2D eigenvalue weighted by Crippen LogP contribution is 2.26. The van der Waals surface area contributed by atoms with Gasteiger partial charge in [-0.1, -0.05) is 28.1 Å². The minimum atomic E-state index is -0.233. The molecule has 1 aromatic carbocycles. The van der Waals surface area contributed by atoms with Crippen molar-refractivity contribution in [2.75, 3.05) is 0 Å². The lowest BCUT2D eigenvalue weighted by molar-refractivity contribution is 0.491. The fraction of sp³-hybridized carbons (Fsp3) is 0.267. The molecule has 0 saturated carbocycles. The molecule has 0 amide bonds. The van der Waals surface area contributed by atoms with Crippen molar-refractivity contribution >= 4 is 15.9 Å². The van der Waals surface area contributed by atoms with Crippen LogP contribution in [0.3, 0.4) is 0 Å². The van der Waals surface area contributed by atoms with Gasteiger partial charge in [0.2, 0.25) is 0 Å². The van der Waals surface area contributed by atoms with Crippen LogP contribution in [0, 0.1) is 5.82 Å². The second kappa shape index (κ2) is 6.26. The van der Waals surface area contributed by atoms with Gasteiger partial charge in [0.1, 0.15) is 5.82 Å². The van der Waals surface area contributed by atoms with Crippen molar-refractivity contribution < 1.29 is 4.39 Å². The minimum absolute atomic E-state index is 0.116. The third kappa shape index (κ3) is 3.61. The fourth-order valence-electron chi connectivity index (χ4n) is 2.05. The molecule has 2 nitrogen and oxygen atoms in total. The van der Waals surface area contributed by atoms with E-state index in [1.54, 1.807) is 12.3 Å². The van der Waals surface area contributed by atoms with Crippen LogP contribution in [0.2, 0.25) is 0 Å². The van der Waals surface area contributed by atoms with Crippen molar-refractivity contribution in [3.05, 3.63) is 64.1 Å². The minimum Gasteiger partial charge on any atom is -0.304 e. The molecule has 19 heavy (non-hydrogen) atoms. The van der Waals surface area contributed by atoms with Gasteiger partial charge in [0, 0.05) is 29.0 Å². The average molecular weight is 323 g/mol. The van der Waals surface area contributed by atoms with Crippen molar-refractivity contribution in [3.8, 4) is 0 Å². The summed E-state index contributed by atoms with van der Waals surface area (Å²) in [6.07, 6.45) is 3.61. The molecule has 2 aromatic rings. The zero-order chi connectivity index (χ0) is 13.8. The predicted molar refractivity (Wildman–Crippen MR) is 78.3 cm³/mol. The molecule has 100 valence electrons. The number of halogens is 2. The van der Waals surface area contributed by atoms with Gasteiger partial charge < -0.3 is 5.32 Å². The molecular formula is C15H16BrFN2. The van der Waals surface area contributed by atoms with Gasteiger partial charge in [-0.05, 0) is 43.2 Å². The molecule has 1 N–H and O–H groups in total. The van der Waals surface area contributed by atoms with E-state index >= 15 is 0 Å². The first-order valence-corrected chi connectivity index (χ1v) is 6.98. The molecule has 0 fully saturated rings. The van der Waals surface area contributed by atoms with Crippen LogP contribution in [0.5, 0.6) is 0 Å². The molecule has 1 aromatic heterocycles. The Labute approximate surface area is 121 Å². The van der Waals surface area contributed by atoms with E-state index in [0.717, 1.165) is 15.6 Å². The second-order valence-electron chi connectivity index (χ2n) is 4.56. The lowest BCUT2D eigenvalue weighted by atomic mass is 10.1. The molecule has 4 heteroatoms. The van der Waals surface area contributed by atoms with Gasteiger partial charge in [0.15, 0.2) is 0 Å². The van der Waals surface area contributed by atoms with E-state index in [1.807, 2.05) is 18.3 Å². The summed E-state index contributed by atoms with van der Waals surface area (Å²) in [5, 5.41) is 3.48. The summed E-state index contributed by atoms with van der Waals surface area (Å²) in [5.41, 5.74) is 2.17. The van der Waals surface area contributed by atoms with Gasteiger partial charge in [0.05, 0.1) is 0 Å². The second-order valence-corrected chi connectivity index (χ2v) is 5.42. The van der Waals surface area contributed by atoms with E-state index in [4.69, 9.17) is 0 Å². The van der Waals surface area contributed by atoms with E-state index in [0.29, 0.717) is 0 Å². The molecular weight excluding hydrogens is 307 g/mol. The van der Waals surface area contributed by atoms with Crippen molar-refractivity contribution in [1.29, 1.82) is 0 Å². The van der Waals surface area contributed by atoms with E-state index in [1.165, 1.54) is 12.1 Å². The molecule has 0 aliphatic carbocycles. The number of nitrogens with one attached hydrogen (secondary N) is 1. The summed E-state index contributed by atoms with van der Waals surface area (Å²) in [7, 11) is 0. The van der Waals surface area contributed by atoms with Crippen LogP contribution in [0.25, 0.3) is 0 Å². The first-order chi connectivity index (χ1) is 9.08. The Morgan fingerprint density at radius 2 is 2.00 bits per heavy atom. The van der Waals surface area contributed by atoms with Gasteiger partial charge >= 0.3 is 0 Å². The molecule has 0 spiro atoms. The third-order valence-corrected chi connectivity index (χ3v) is 3.80. The van der Waals surface area contributed by atoms with Gasteiger partial charge in [0.25, 0.3) is 0 Å². The van der Waals surface area contributed by atoms with Crippen LogP contribution < -0.4 is 5.32 Å². The summed E-state index contributed by atoms with van der Waals surface area (Å²) >= 11 is 3.40. The van der Waals surface area contributed by atoms with Crippen LogP contribution >= 0.6 is 15.9 Å². The Bertz CT molecular complexity index is 545. The van der Waals surface area contributed by atoms with E-state index in [2.05, 4.69) is 40.1 Å². The van der Waals surface area contributed by atoms with Crippen molar-refractivity contribution in [2.24, 2.45) is 0 Å². The fourth-order valence-corrected chi connectivity index (χ4v) is 2.74. The van der Waals surface area contributed by atoms with E-state index in [-0.39, 0.29) is 17.9 Å². The summed E-state index contributed by atoms with van der Waals surface area (Å²) in [6, 6.07) is 9.02. The topological polar surface area (TPSA) is 24.9 Å². The predicted octanol–water partition coefficient (Wildman–Crippen LogP) is 4.40. The third-order valence-electron chi connectivity index (χ3n) is 3.11. The van der Waals surface area contributed by atoms with E-state index in [9.17, 15) is 4.39 Å². The smallest absolute Gasteiger partial charge is 0.124 e. The highest BCUT2D eigenvalue weighted by molar-refractivity contribution is 9.10. The van der Waals surface area contributed by atoms with Gasteiger partial charge in [-0.2, -0.15) is 0 Å². The molecule has 2 atom stereocenters. The number of hydrogen-bond donors (Lipinski definition) is 1. The first kappa shape index (κ1) is 14.2. The maximum atomic E-state index is 13.1. The molecule has 0 aliphatic rings. The van der Waals surface area contributed by atoms with Gasteiger partial charge in [-0.25, -0.2) is 4.39 Å². The Kier molecular flexibility index (Phi) is 4.66. The monoisotopic (exact) mass is 322 g/mol. The van der Waals surface area contributed by atoms with Crippen LogP contribution in [-0.2, 0) is 0 Å². The van der Waals surface area contributed by atoms with E-state index < -0.39 is 0 Å². The zero-order valence-corrected chi connectivity index (χ0v) is 12.5. The Morgan fingerprint density at radius 1 is 1.21 bits per heavy atom. The number of pyridine rings is 1. The molecule has 0 aliphatic heterocycles. The summed E-state index contributed by atoms with van der Waals surface area (Å²) in [4.78, 5) is 4.12. The molecule has 0 radical (unpaired) electrons. The Hall–Kier alpha value is -1.26. The standard InChI is InChI=1S/C15H16BrFN2/c1-10(12-4-3-7-18-9-12)19-11(2)14-6-5-13(17)8-15(14)16/h3-11,19H,1-2H3/t10-,11?/m1/s1. The van der Waals surface area contributed by atoms with Gasteiger partial charge in [-0.3, -0.25) is 4.98 Å². The lowest BCUT2D eigenvalue weighted by Gasteiger charge is -2.21. The van der Waals surface area contributed by atoms with Crippen molar-refractivity contribution in [2.45, 2.75) is 25.9 Å². The molecule has 1 unspecified atom stereocenters. The Morgan fingerprint density at radius 3 is 2.63 bits per heavy atom. The summed E-state index contributed by atoms with van der Waals surface area (Å²) in [5.74, 6) is -0.233. The van der Waals surface area contributed by atoms with Crippen molar-refractivity contribution in [3.63, 3.8) is 0 Å².